The van der Waals surface area contributed by atoms with Gasteiger partial charge >= 0.3 is 0 Å². The SMILES string of the molecule is OCC(CO)(Cc1ccc(F)cc1)c1cccc(Cl)c1. The van der Waals surface area contributed by atoms with Crippen LogP contribution in [0.4, 0.5) is 4.39 Å². The van der Waals surface area contributed by atoms with Crippen LogP contribution in [0.1, 0.15) is 11.1 Å². The average Bonchev–Trinajstić information content (AvgIpc) is 2.47. The van der Waals surface area contributed by atoms with Gasteiger partial charge in [0.25, 0.3) is 0 Å². The zero-order chi connectivity index (χ0) is 14.6. The van der Waals surface area contributed by atoms with Gasteiger partial charge in [0.2, 0.25) is 0 Å². The molecule has 2 aromatic carbocycles. The van der Waals surface area contributed by atoms with E-state index < -0.39 is 5.41 Å². The van der Waals surface area contributed by atoms with E-state index in [-0.39, 0.29) is 19.0 Å². The third-order valence-electron chi connectivity index (χ3n) is 3.50. The van der Waals surface area contributed by atoms with E-state index in [1.165, 1.54) is 12.1 Å². The van der Waals surface area contributed by atoms with Crippen molar-refractivity contribution in [3.05, 3.63) is 70.5 Å². The molecule has 0 fully saturated rings. The van der Waals surface area contributed by atoms with Gasteiger partial charge in [-0.25, -0.2) is 4.39 Å². The molecule has 0 saturated carbocycles. The van der Waals surface area contributed by atoms with Crippen molar-refractivity contribution >= 4 is 11.6 Å². The highest BCUT2D eigenvalue weighted by Crippen LogP contribution is 2.29. The van der Waals surface area contributed by atoms with Crippen LogP contribution in [0.5, 0.6) is 0 Å². The normalized spacial score (nSPS) is 11.6. The third-order valence-corrected chi connectivity index (χ3v) is 3.73. The summed E-state index contributed by atoms with van der Waals surface area (Å²) in [7, 11) is 0. The largest absolute Gasteiger partial charge is 0.395 e. The van der Waals surface area contributed by atoms with Gasteiger partial charge in [0.15, 0.2) is 0 Å². The summed E-state index contributed by atoms with van der Waals surface area (Å²) in [6.07, 6.45) is 0.403. The van der Waals surface area contributed by atoms with Crippen LogP contribution in [0.15, 0.2) is 48.5 Å². The first kappa shape index (κ1) is 15.0. The van der Waals surface area contributed by atoms with E-state index in [1.54, 1.807) is 30.3 Å². The second-order valence-corrected chi connectivity index (χ2v) is 5.35. The predicted octanol–water partition coefficient (Wildman–Crippen LogP) is 2.94. The Labute approximate surface area is 122 Å². The second kappa shape index (κ2) is 6.35. The molecule has 0 aliphatic heterocycles. The van der Waals surface area contributed by atoms with Gasteiger partial charge in [0.1, 0.15) is 5.82 Å². The fourth-order valence-corrected chi connectivity index (χ4v) is 2.45. The van der Waals surface area contributed by atoms with Crippen LogP contribution in [0.25, 0.3) is 0 Å². The van der Waals surface area contributed by atoms with E-state index in [2.05, 4.69) is 0 Å². The van der Waals surface area contributed by atoms with E-state index in [0.29, 0.717) is 11.4 Å². The zero-order valence-corrected chi connectivity index (χ0v) is 11.6. The van der Waals surface area contributed by atoms with E-state index >= 15 is 0 Å². The lowest BCUT2D eigenvalue weighted by molar-refractivity contribution is 0.116. The molecule has 0 radical (unpaired) electrons. The van der Waals surface area contributed by atoms with Gasteiger partial charge in [-0.3, -0.25) is 0 Å². The first-order valence-electron chi connectivity index (χ1n) is 6.32. The van der Waals surface area contributed by atoms with Crippen LogP contribution in [0, 0.1) is 5.82 Å². The molecular weight excluding hydrogens is 279 g/mol. The van der Waals surface area contributed by atoms with Gasteiger partial charge in [0, 0.05) is 10.4 Å². The number of benzene rings is 2. The number of halogens is 2. The topological polar surface area (TPSA) is 40.5 Å². The molecule has 106 valence electrons. The summed E-state index contributed by atoms with van der Waals surface area (Å²) in [5.41, 5.74) is 0.775. The second-order valence-electron chi connectivity index (χ2n) is 4.91. The van der Waals surface area contributed by atoms with E-state index in [0.717, 1.165) is 11.1 Å². The van der Waals surface area contributed by atoms with Crippen LogP contribution in [-0.2, 0) is 11.8 Å². The summed E-state index contributed by atoms with van der Waals surface area (Å²) in [5.74, 6) is -0.310. The summed E-state index contributed by atoms with van der Waals surface area (Å²) >= 11 is 5.98. The van der Waals surface area contributed by atoms with Crippen LogP contribution < -0.4 is 0 Å². The van der Waals surface area contributed by atoms with Gasteiger partial charge in [-0.05, 0) is 41.8 Å². The van der Waals surface area contributed by atoms with Crippen LogP contribution in [0.2, 0.25) is 5.02 Å². The van der Waals surface area contributed by atoms with Gasteiger partial charge in [0.05, 0.1) is 13.2 Å². The average molecular weight is 295 g/mol. The maximum absolute atomic E-state index is 12.9. The number of hydrogen-bond donors (Lipinski definition) is 2. The van der Waals surface area contributed by atoms with Crippen molar-refractivity contribution in [3.63, 3.8) is 0 Å². The summed E-state index contributed by atoms with van der Waals surface area (Å²) in [4.78, 5) is 0. The van der Waals surface area contributed by atoms with Crippen LogP contribution in [0.3, 0.4) is 0 Å². The van der Waals surface area contributed by atoms with E-state index in [1.807, 2.05) is 6.07 Å². The third kappa shape index (κ3) is 3.18. The molecule has 0 aliphatic carbocycles. The molecule has 20 heavy (non-hydrogen) atoms. The lowest BCUT2D eigenvalue weighted by Crippen LogP contribution is -2.37. The summed E-state index contributed by atoms with van der Waals surface area (Å²) in [6, 6.07) is 13.1. The molecule has 0 spiro atoms. The Morgan fingerprint density at radius 2 is 1.65 bits per heavy atom. The molecule has 2 N–H and O–H groups in total. The Hall–Kier alpha value is -1.42. The van der Waals surface area contributed by atoms with E-state index in [4.69, 9.17) is 11.6 Å². The van der Waals surface area contributed by atoms with Gasteiger partial charge in [-0.15, -0.1) is 0 Å². The smallest absolute Gasteiger partial charge is 0.123 e. The Kier molecular flexibility index (Phi) is 4.76. The van der Waals surface area contributed by atoms with Crippen molar-refractivity contribution < 1.29 is 14.6 Å². The molecule has 0 atom stereocenters. The summed E-state index contributed by atoms with van der Waals surface area (Å²) < 4.78 is 12.9. The molecule has 0 aliphatic rings. The minimum absolute atomic E-state index is 0.221. The molecule has 0 amide bonds. The maximum Gasteiger partial charge on any atom is 0.123 e. The predicted molar refractivity (Wildman–Crippen MR) is 77.4 cm³/mol. The lowest BCUT2D eigenvalue weighted by atomic mass is 9.77. The van der Waals surface area contributed by atoms with Crippen molar-refractivity contribution in [2.75, 3.05) is 13.2 Å². The highest BCUT2D eigenvalue weighted by atomic mass is 35.5. The van der Waals surface area contributed by atoms with Crippen molar-refractivity contribution in [2.45, 2.75) is 11.8 Å². The Morgan fingerprint density at radius 3 is 2.20 bits per heavy atom. The van der Waals surface area contributed by atoms with Crippen LogP contribution >= 0.6 is 11.6 Å². The number of rotatable bonds is 5. The maximum atomic E-state index is 12.9. The molecule has 2 rings (SSSR count). The molecule has 0 bridgehead atoms. The molecule has 0 unspecified atom stereocenters. The zero-order valence-electron chi connectivity index (χ0n) is 10.9. The molecule has 2 nitrogen and oxygen atoms in total. The van der Waals surface area contributed by atoms with Crippen molar-refractivity contribution in [3.8, 4) is 0 Å². The summed E-state index contributed by atoms with van der Waals surface area (Å²) in [6.45, 7) is -0.442. The molecule has 0 aromatic heterocycles. The highest BCUT2D eigenvalue weighted by molar-refractivity contribution is 6.30. The minimum Gasteiger partial charge on any atom is -0.395 e. The van der Waals surface area contributed by atoms with Crippen LogP contribution in [-0.4, -0.2) is 23.4 Å². The minimum atomic E-state index is -0.831. The quantitative estimate of drug-likeness (QED) is 0.890. The number of hydrogen-bond acceptors (Lipinski definition) is 2. The van der Waals surface area contributed by atoms with Gasteiger partial charge in [-0.2, -0.15) is 0 Å². The Bertz CT molecular complexity index is 565. The first-order valence-corrected chi connectivity index (χ1v) is 6.70. The fourth-order valence-electron chi connectivity index (χ4n) is 2.26. The molecular formula is C16H16ClFO2. The Balaban J connectivity index is 2.36. The highest BCUT2D eigenvalue weighted by Gasteiger charge is 2.31. The standard InChI is InChI=1S/C16H16ClFO2/c17-14-3-1-2-13(8-14)16(10-19,11-20)9-12-4-6-15(18)7-5-12/h1-8,19-20H,9-11H2. The van der Waals surface area contributed by atoms with Gasteiger partial charge < -0.3 is 10.2 Å². The number of aliphatic hydroxyl groups is 2. The molecule has 0 heterocycles. The van der Waals surface area contributed by atoms with Crippen molar-refractivity contribution in [1.82, 2.24) is 0 Å². The monoisotopic (exact) mass is 294 g/mol. The molecule has 2 aromatic rings. The number of aliphatic hydroxyl groups excluding tert-OH is 2. The van der Waals surface area contributed by atoms with Crippen molar-refractivity contribution in [2.24, 2.45) is 0 Å². The first-order chi connectivity index (χ1) is 9.59. The van der Waals surface area contributed by atoms with Gasteiger partial charge in [-0.1, -0.05) is 35.9 Å². The lowest BCUT2D eigenvalue weighted by Gasteiger charge is -2.30. The molecule has 4 heteroatoms. The van der Waals surface area contributed by atoms with Crippen molar-refractivity contribution in [1.29, 1.82) is 0 Å². The fraction of sp³-hybridized carbons (Fsp3) is 0.250. The Morgan fingerprint density at radius 1 is 1.00 bits per heavy atom. The molecule has 0 saturated heterocycles. The summed E-state index contributed by atoms with van der Waals surface area (Å²) in [5, 5.41) is 20.1. The van der Waals surface area contributed by atoms with E-state index in [9.17, 15) is 14.6 Å².